The van der Waals surface area contributed by atoms with Crippen molar-refractivity contribution in [2.45, 2.75) is 31.4 Å². The summed E-state index contributed by atoms with van der Waals surface area (Å²) >= 11 is 12.9. The van der Waals surface area contributed by atoms with Crippen LogP contribution in [0, 0.1) is 0 Å². The van der Waals surface area contributed by atoms with E-state index in [1.807, 2.05) is 0 Å². The standard InChI is InChI=1S/C22H23Cl2N3O3/c1-2-26-9-5-6-14(26)12-27-18-11-13(20(25)28)10-17(24)19(18)22(30,21(27)29)15-7-3-4-8-16(15)23/h3-4,7-8,10-11,14,30H,2,5-6,9,12H2,1H3,(H2,25,28). The minimum Gasteiger partial charge on any atom is -0.372 e. The summed E-state index contributed by atoms with van der Waals surface area (Å²) in [5.74, 6) is -1.19. The molecule has 2 amide bonds. The van der Waals surface area contributed by atoms with Gasteiger partial charge >= 0.3 is 0 Å². The number of benzene rings is 2. The number of nitrogens with two attached hydrogens (primary N) is 1. The van der Waals surface area contributed by atoms with Crippen LogP contribution in [0.25, 0.3) is 0 Å². The molecule has 1 saturated heterocycles. The lowest BCUT2D eigenvalue weighted by molar-refractivity contribution is -0.132. The smallest absolute Gasteiger partial charge is 0.268 e. The molecule has 0 saturated carbocycles. The molecule has 1 fully saturated rings. The van der Waals surface area contributed by atoms with E-state index in [0.29, 0.717) is 12.2 Å². The van der Waals surface area contributed by atoms with Crippen LogP contribution in [0.1, 0.15) is 41.3 Å². The van der Waals surface area contributed by atoms with Gasteiger partial charge in [0.25, 0.3) is 5.91 Å². The number of fused-ring (bicyclic) bond motifs is 1. The Bertz CT molecular complexity index is 1030. The molecule has 6 nitrogen and oxygen atoms in total. The molecular weight excluding hydrogens is 425 g/mol. The van der Waals surface area contributed by atoms with Gasteiger partial charge in [-0.2, -0.15) is 0 Å². The zero-order valence-corrected chi connectivity index (χ0v) is 18.1. The number of hydrogen-bond donors (Lipinski definition) is 2. The maximum atomic E-state index is 13.7. The molecule has 0 spiro atoms. The molecule has 2 unspecified atom stereocenters. The second-order valence-electron chi connectivity index (χ2n) is 7.75. The van der Waals surface area contributed by atoms with Gasteiger partial charge in [-0.3, -0.25) is 14.5 Å². The van der Waals surface area contributed by atoms with Crippen molar-refractivity contribution >= 4 is 40.7 Å². The summed E-state index contributed by atoms with van der Waals surface area (Å²) in [6, 6.07) is 9.72. The number of carbonyl (C=O) groups excluding carboxylic acids is 2. The van der Waals surface area contributed by atoms with Gasteiger partial charge in [-0.15, -0.1) is 0 Å². The third-order valence-corrected chi connectivity index (χ3v) is 6.75. The Morgan fingerprint density at radius 1 is 1.27 bits per heavy atom. The number of likely N-dealkylation sites (N-methyl/N-ethyl adjacent to an activating group) is 1. The summed E-state index contributed by atoms with van der Waals surface area (Å²) in [7, 11) is 0. The molecule has 0 aliphatic carbocycles. The zero-order valence-electron chi connectivity index (χ0n) is 16.6. The number of amides is 2. The lowest BCUT2D eigenvalue weighted by atomic mass is 9.87. The van der Waals surface area contributed by atoms with Crippen molar-refractivity contribution in [1.82, 2.24) is 4.90 Å². The highest BCUT2D eigenvalue weighted by Crippen LogP contribution is 2.50. The maximum absolute atomic E-state index is 13.7. The Morgan fingerprint density at radius 3 is 2.67 bits per heavy atom. The van der Waals surface area contributed by atoms with Crippen molar-refractivity contribution in [2.75, 3.05) is 24.5 Å². The molecule has 2 aliphatic heterocycles. The summed E-state index contributed by atoms with van der Waals surface area (Å²) in [6.07, 6.45) is 1.99. The first-order valence-electron chi connectivity index (χ1n) is 9.96. The van der Waals surface area contributed by atoms with Crippen LogP contribution in [-0.4, -0.2) is 47.5 Å². The van der Waals surface area contributed by atoms with Gasteiger partial charge in [0.05, 0.1) is 10.7 Å². The maximum Gasteiger partial charge on any atom is 0.268 e. The predicted molar refractivity (Wildman–Crippen MR) is 117 cm³/mol. The van der Waals surface area contributed by atoms with Crippen LogP contribution in [0.15, 0.2) is 36.4 Å². The summed E-state index contributed by atoms with van der Waals surface area (Å²) in [6.45, 7) is 4.30. The Morgan fingerprint density at radius 2 is 2.00 bits per heavy atom. The number of hydrogen-bond acceptors (Lipinski definition) is 4. The number of likely N-dealkylation sites (tertiary alicyclic amines) is 1. The van der Waals surface area contributed by atoms with E-state index in [2.05, 4.69) is 11.8 Å². The fourth-order valence-corrected chi connectivity index (χ4v) is 5.26. The number of carbonyl (C=O) groups is 2. The van der Waals surface area contributed by atoms with Gasteiger partial charge in [-0.05, 0) is 44.1 Å². The second kappa shape index (κ2) is 7.85. The molecule has 2 aliphatic rings. The van der Waals surface area contributed by atoms with Crippen molar-refractivity contribution < 1.29 is 14.7 Å². The van der Waals surface area contributed by atoms with Gasteiger partial charge in [0.15, 0.2) is 5.60 Å². The highest BCUT2D eigenvalue weighted by atomic mass is 35.5. The first-order valence-corrected chi connectivity index (χ1v) is 10.7. The molecule has 2 aromatic rings. The van der Waals surface area contributed by atoms with E-state index in [4.69, 9.17) is 28.9 Å². The van der Waals surface area contributed by atoms with Crippen molar-refractivity contribution in [2.24, 2.45) is 5.73 Å². The lowest BCUT2D eigenvalue weighted by Crippen LogP contribution is -2.46. The van der Waals surface area contributed by atoms with Crippen molar-refractivity contribution in [3.8, 4) is 0 Å². The van der Waals surface area contributed by atoms with Crippen LogP contribution in [0.3, 0.4) is 0 Å². The van der Waals surface area contributed by atoms with Crippen LogP contribution in [0.5, 0.6) is 0 Å². The highest BCUT2D eigenvalue weighted by Gasteiger charge is 2.54. The fraction of sp³-hybridized carbons (Fsp3) is 0.364. The number of primary amides is 1. The van der Waals surface area contributed by atoms with Crippen LogP contribution >= 0.6 is 23.2 Å². The Hall–Kier alpha value is -2.12. The van der Waals surface area contributed by atoms with E-state index < -0.39 is 17.4 Å². The van der Waals surface area contributed by atoms with Gasteiger partial charge in [-0.1, -0.05) is 48.3 Å². The first kappa shape index (κ1) is 21.1. The molecule has 30 heavy (non-hydrogen) atoms. The van der Waals surface area contributed by atoms with Crippen molar-refractivity contribution in [1.29, 1.82) is 0 Å². The van der Waals surface area contributed by atoms with E-state index in [1.54, 1.807) is 24.3 Å². The molecule has 4 rings (SSSR count). The topological polar surface area (TPSA) is 86.9 Å². The number of aliphatic hydroxyl groups is 1. The third kappa shape index (κ3) is 3.19. The summed E-state index contributed by atoms with van der Waals surface area (Å²) in [5, 5.41) is 12.1. The van der Waals surface area contributed by atoms with Gasteiger partial charge in [0, 0.05) is 34.3 Å². The third-order valence-electron chi connectivity index (χ3n) is 6.12. The highest BCUT2D eigenvalue weighted by molar-refractivity contribution is 6.35. The normalized spacial score (nSPS) is 23.8. The monoisotopic (exact) mass is 447 g/mol. The van der Waals surface area contributed by atoms with Gasteiger partial charge in [-0.25, -0.2) is 0 Å². The fourth-order valence-electron chi connectivity index (χ4n) is 4.63. The minimum absolute atomic E-state index is 0.0957. The van der Waals surface area contributed by atoms with Gasteiger partial charge in [0.2, 0.25) is 5.91 Å². The van der Waals surface area contributed by atoms with Crippen molar-refractivity contribution in [3.63, 3.8) is 0 Å². The molecule has 0 radical (unpaired) electrons. The lowest BCUT2D eigenvalue weighted by Gasteiger charge is -2.29. The first-order chi connectivity index (χ1) is 14.3. The van der Waals surface area contributed by atoms with Gasteiger partial charge in [0.1, 0.15) is 0 Å². The van der Waals surface area contributed by atoms with Crippen LogP contribution in [0.4, 0.5) is 5.69 Å². The number of anilines is 1. The summed E-state index contributed by atoms with van der Waals surface area (Å²) < 4.78 is 0. The molecule has 2 atom stereocenters. The number of halogens is 2. The Balaban J connectivity index is 1.89. The molecule has 2 aromatic carbocycles. The van der Waals surface area contributed by atoms with Crippen molar-refractivity contribution in [3.05, 3.63) is 63.1 Å². The SMILES string of the molecule is CCN1CCCC1CN1C(=O)C(O)(c2ccccc2Cl)c2c(Cl)cc(C(N)=O)cc21. The number of nitrogens with zero attached hydrogens (tertiary/aromatic N) is 2. The summed E-state index contributed by atoms with van der Waals surface area (Å²) in [4.78, 5) is 29.3. The quantitative estimate of drug-likeness (QED) is 0.736. The molecule has 2 heterocycles. The average Bonchev–Trinajstić information content (AvgIpc) is 3.25. The Labute approximate surface area is 185 Å². The number of rotatable bonds is 5. The average molecular weight is 448 g/mol. The van der Waals surface area contributed by atoms with Crippen LogP contribution in [-0.2, 0) is 10.4 Å². The van der Waals surface area contributed by atoms with E-state index in [-0.39, 0.29) is 32.8 Å². The van der Waals surface area contributed by atoms with E-state index in [1.165, 1.54) is 17.0 Å². The second-order valence-corrected chi connectivity index (χ2v) is 8.56. The largest absolute Gasteiger partial charge is 0.372 e. The molecular formula is C22H23Cl2N3O3. The predicted octanol–water partition coefficient (Wildman–Crippen LogP) is 3.16. The van der Waals surface area contributed by atoms with Crippen LogP contribution in [0.2, 0.25) is 10.0 Å². The molecule has 0 bridgehead atoms. The Kier molecular flexibility index (Phi) is 5.53. The van der Waals surface area contributed by atoms with E-state index in [0.717, 1.165) is 25.9 Å². The van der Waals surface area contributed by atoms with Gasteiger partial charge < -0.3 is 15.7 Å². The molecule has 3 N–H and O–H groups in total. The van der Waals surface area contributed by atoms with Crippen LogP contribution < -0.4 is 10.6 Å². The zero-order chi connectivity index (χ0) is 21.6. The minimum atomic E-state index is -2.05. The summed E-state index contributed by atoms with van der Waals surface area (Å²) in [5.41, 5.74) is 4.49. The molecule has 158 valence electrons. The molecule has 8 heteroatoms. The molecule has 0 aromatic heterocycles. The van der Waals surface area contributed by atoms with E-state index >= 15 is 0 Å². The van der Waals surface area contributed by atoms with E-state index in [9.17, 15) is 14.7 Å².